The van der Waals surface area contributed by atoms with Crippen molar-refractivity contribution >= 4 is 11.3 Å². The Morgan fingerprint density at radius 1 is 1.24 bits per heavy atom. The van der Waals surface area contributed by atoms with Gasteiger partial charge < -0.3 is 0 Å². The molecule has 3 rings (SSSR count). The van der Waals surface area contributed by atoms with E-state index in [1.54, 1.807) is 0 Å². The molecular weight excluding hydrogens is 280 g/mol. The molecule has 4 nitrogen and oxygen atoms in total. The molecule has 0 amide bonds. The van der Waals surface area contributed by atoms with Crippen LogP contribution in [0.15, 0.2) is 18.2 Å². The van der Waals surface area contributed by atoms with Crippen LogP contribution in [0.5, 0.6) is 0 Å². The van der Waals surface area contributed by atoms with Crippen molar-refractivity contribution < 1.29 is 0 Å². The minimum absolute atomic E-state index is 0.893. The summed E-state index contributed by atoms with van der Waals surface area (Å²) in [5.74, 6) is 0. The Balaban J connectivity index is 1.51. The van der Waals surface area contributed by atoms with E-state index < -0.39 is 0 Å². The van der Waals surface area contributed by atoms with E-state index in [-0.39, 0.29) is 0 Å². The molecule has 0 bridgehead atoms. The van der Waals surface area contributed by atoms with Crippen LogP contribution < -0.4 is 0 Å². The van der Waals surface area contributed by atoms with Gasteiger partial charge in [-0.15, -0.1) is 11.3 Å². The lowest BCUT2D eigenvalue weighted by Gasteiger charge is -2.14. The normalized spacial score (nSPS) is 16.1. The van der Waals surface area contributed by atoms with Gasteiger partial charge in [0, 0.05) is 35.1 Å². The van der Waals surface area contributed by atoms with Crippen LogP contribution in [0.25, 0.3) is 0 Å². The molecule has 1 N–H and O–H groups in total. The van der Waals surface area contributed by atoms with Gasteiger partial charge in [0.05, 0.1) is 5.69 Å². The van der Waals surface area contributed by atoms with Gasteiger partial charge in [0.25, 0.3) is 0 Å². The number of rotatable bonds is 6. The Morgan fingerprint density at radius 2 is 2.00 bits per heavy atom. The number of H-pyrrole nitrogens is 1. The highest BCUT2D eigenvalue weighted by atomic mass is 32.1. The van der Waals surface area contributed by atoms with Crippen molar-refractivity contribution in [1.29, 1.82) is 0 Å². The molecule has 1 aliphatic heterocycles. The van der Waals surface area contributed by atoms with Gasteiger partial charge in [-0.25, -0.2) is 0 Å². The summed E-state index contributed by atoms with van der Waals surface area (Å²) in [5.41, 5.74) is 2.24. The van der Waals surface area contributed by atoms with Crippen LogP contribution in [0.3, 0.4) is 0 Å². The van der Waals surface area contributed by atoms with Crippen molar-refractivity contribution in [2.24, 2.45) is 0 Å². The fourth-order valence-electron chi connectivity index (χ4n) is 2.91. The smallest absolute Gasteiger partial charge is 0.0765 e. The highest BCUT2D eigenvalue weighted by molar-refractivity contribution is 7.11. The van der Waals surface area contributed by atoms with Crippen LogP contribution >= 0.6 is 11.3 Å². The second-order valence-electron chi connectivity index (χ2n) is 6.07. The second kappa shape index (κ2) is 6.73. The molecule has 0 aromatic carbocycles. The van der Waals surface area contributed by atoms with Gasteiger partial charge in [0.2, 0.25) is 0 Å². The maximum absolute atomic E-state index is 4.30. The molecule has 0 saturated carbocycles. The highest BCUT2D eigenvalue weighted by Gasteiger charge is 2.13. The highest BCUT2D eigenvalue weighted by Crippen LogP contribution is 2.22. The molecule has 1 saturated heterocycles. The second-order valence-corrected chi connectivity index (χ2v) is 7.32. The van der Waals surface area contributed by atoms with Crippen LogP contribution in [-0.4, -0.2) is 40.1 Å². The first-order valence-electron chi connectivity index (χ1n) is 7.68. The minimum atomic E-state index is 0.893. The molecule has 3 heterocycles. The molecule has 2 aromatic heterocycles. The van der Waals surface area contributed by atoms with Gasteiger partial charge >= 0.3 is 0 Å². The molecule has 21 heavy (non-hydrogen) atoms. The van der Waals surface area contributed by atoms with E-state index in [2.05, 4.69) is 45.2 Å². The number of likely N-dealkylation sites (tertiary alicyclic amines) is 1. The third kappa shape index (κ3) is 4.15. The van der Waals surface area contributed by atoms with Crippen LogP contribution in [0.4, 0.5) is 0 Å². The van der Waals surface area contributed by atoms with Crippen molar-refractivity contribution in [3.05, 3.63) is 39.3 Å². The van der Waals surface area contributed by atoms with E-state index in [9.17, 15) is 0 Å². The van der Waals surface area contributed by atoms with Gasteiger partial charge in [-0.3, -0.25) is 14.9 Å². The molecule has 1 aliphatic rings. The first kappa shape index (κ1) is 14.8. The Kier molecular flexibility index (Phi) is 4.73. The van der Waals surface area contributed by atoms with E-state index >= 15 is 0 Å². The van der Waals surface area contributed by atoms with Crippen molar-refractivity contribution in [3.8, 4) is 0 Å². The number of hydrogen-bond donors (Lipinski definition) is 1. The van der Waals surface area contributed by atoms with Crippen molar-refractivity contribution in [3.63, 3.8) is 0 Å². The number of hydrogen-bond acceptors (Lipinski definition) is 4. The average Bonchev–Trinajstić information content (AvgIpc) is 3.15. The van der Waals surface area contributed by atoms with E-state index in [0.717, 1.165) is 31.0 Å². The molecule has 114 valence electrons. The predicted octanol–water partition coefficient (Wildman–Crippen LogP) is 3.01. The van der Waals surface area contributed by atoms with Crippen molar-refractivity contribution in [2.75, 3.05) is 20.1 Å². The SMILES string of the molecule is Cc1cc(CN(C)Cc2ccc(CN3CCCC3)s2)n[nH]1. The number of nitrogens with one attached hydrogen (secondary N) is 1. The van der Waals surface area contributed by atoms with Gasteiger partial charge in [0.1, 0.15) is 0 Å². The van der Waals surface area contributed by atoms with Crippen LogP contribution in [-0.2, 0) is 19.6 Å². The van der Waals surface area contributed by atoms with Crippen molar-refractivity contribution in [2.45, 2.75) is 39.4 Å². The summed E-state index contributed by atoms with van der Waals surface area (Å²) in [7, 11) is 2.16. The zero-order valence-electron chi connectivity index (χ0n) is 12.9. The summed E-state index contributed by atoms with van der Waals surface area (Å²) >= 11 is 1.95. The molecule has 5 heteroatoms. The lowest BCUT2D eigenvalue weighted by Crippen LogP contribution is -2.17. The monoisotopic (exact) mass is 304 g/mol. The maximum atomic E-state index is 4.30. The van der Waals surface area contributed by atoms with E-state index in [4.69, 9.17) is 0 Å². The quantitative estimate of drug-likeness (QED) is 0.891. The Morgan fingerprint density at radius 3 is 2.71 bits per heavy atom. The molecule has 0 spiro atoms. The van der Waals surface area contributed by atoms with Gasteiger partial charge in [-0.05, 0) is 58.1 Å². The Hall–Kier alpha value is -1.17. The fourth-order valence-corrected chi connectivity index (χ4v) is 4.05. The van der Waals surface area contributed by atoms with Gasteiger partial charge in [-0.2, -0.15) is 5.10 Å². The maximum Gasteiger partial charge on any atom is 0.0765 e. The molecule has 2 aromatic rings. The molecule has 0 aliphatic carbocycles. The molecule has 0 radical (unpaired) electrons. The summed E-state index contributed by atoms with van der Waals surface area (Å²) < 4.78 is 0. The van der Waals surface area contributed by atoms with Crippen molar-refractivity contribution in [1.82, 2.24) is 20.0 Å². The van der Waals surface area contributed by atoms with Gasteiger partial charge in [-0.1, -0.05) is 0 Å². The number of aromatic amines is 1. The summed E-state index contributed by atoms with van der Waals surface area (Å²) in [4.78, 5) is 7.82. The number of thiophene rings is 1. The molecule has 0 unspecified atom stereocenters. The average molecular weight is 304 g/mol. The standard InChI is InChI=1S/C16H24N4S/c1-13-9-14(18-17-13)10-19(2)11-15-5-6-16(21-15)12-20-7-3-4-8-20/h5-6,9H,3-4,7-8,10-12H2,1-2H3,(H,17,18). The van der Waals surface area contributed by atoms with E-state index in [0.29, 0.717) is 0 Å². The minimum Gasteiger partial charge on any atom is -0.298 e. The third-order valence-corrected chi connectivity index (χ3v) is 4.97. The van der Waals surface area contributed by atoms with E-state index in [1.165, 1.54) is 35.7 Å². The Labute approximate surface area is 130 Å². The predicted molar refractivity (Wildman–Crippen MR) is 87.3 cm³/mol. The molecule has 1 fully saturated rings. The van der Waals surface area contributed by atoms with Crippen LogP contribution in [0, 0.1) is 6.92 Å². The summed E-state index contributed by atoms with van der Waals surface area (Å²) in [6.45, 7) is 7.60. The van der Waals surface area contributed by atoms with Crippen LogP contribution in [0.1, 0.15) is 34.0 Å². The lowest BCUT2D eigenvalue weighted by atomic mass is 10.3. The summed E-state index contributed by atoms with van der Waals surface area (Å²) in [5, 5.41) is 7.30. The van der Waals surface area contributed by atoms with Gasteiger partial charge in [0.15, 0.2) is 0 Å². The Bertz CT molecular complexity index is 568. The van der Waals surface area contributed by atoms with E-state index in [1.807, 2.05) is 18.3 Å². The fraction of sp³-hybridized carbons (Fsp3) is 0.562. The topological polar surface area (TPSA) is 35.2 Å². The van der Waals surface area contributed by atoms with Crippen LogP contribution in [0.2, 0.25) is 0 Å². The number of aromatic nitrogens is 2. The largest absolute Gasteiger partial charge is 0.298 e. The third-order valence-electron chi connectivity index (χ3n) is 3.91. The molecular formula is C16H24N4S. The molecule has 0 atom stereocenters. The first-order chi connectivity index (χ1) is 10.2. The summed E-state index contributed by atoms with van der Waals surface area (Å²) in [6, 6.07) is 6.69. The number of aryl methyl sites for hydroxylation is 1. The number of nitrogens with zero attached hydrogens (tertiary/aromatic N) is 3. The summed E-state index contributed by atoms with van der Waals surface area (Å²) in [6.07, 6.45) is 2.73. The zero-order valence-corrected chi connectivity index (χ0v) is 13.7. The lowest BCUT2D eigenvalue weighted by molar-refractivity contribution is 0.318. The zero-order chi connectivity index (χ0) is 14.7. The first-order valence-corrected chi connectivity index (χ1v) is 8.50.